The first-order chi connectivity index (χ1) is 9.32. The van der Waals surface area contributed by atoms with Crippen molar-refractivity contribution in [2.45, 2.75) is 40.5 Å². The van der Waals surface area contributed by atoms with Crippen molar-refractivity contribution in [1.29, 1.82) is 0 Å². The van der Waals surface area contributed by atoms with Crippen molar-refractivity contribution >= 4 is 5.78 Å². The van der Waals surface area contributed by atoms with E-state index in [1.165, 1.54) is 6.92 Å². The zero-order valence-electron chi connectivity index (χ0n) is 12.3. The first-order valence-electron chi connectivity index (χ1n) is 6.54. The number of pyridine rings is 1. The zero-order valence-corrected chi connectivity index (χ0v) is 12.3. The van der Waals surface area contributed by atoms with E-state index < -0.39 is 0 Å². The summed E-state index contributed by atoms with van der Waals surface area (Å²) in [5, 5.41) is 3.88. The second kappa shape index (κ2) is 5.07. The highest BCUT2D eigenvalue weighted by molar-refractivity contribution is 5.97. The number of carbonyl (C=O) groups is 1. The van der Waals surface area contributed by atoms with Crippen molar-refractivity contribution in [3.05, 3.63) is 38.9 Å². The predicted molar refractivity (Wildman–Crippen MR) is 76.1 cm³/mol. The lowest BCUT2D eigenvalue weighted by molar-refractivity contribution is 0.101. The number of aromatic nitrogens is 2. The van der Waals surface area contributed by atoms with Crippen LogP contribution in [0.2, 0.25) is 0 Å². The Balaban J connectivity index is 2.85. The fourth-order valence-corrected chi connectivity index (χ4v) is 2.40. The molecule has 5 heteroatoms. The van der Waals surface area contributed by atoms with Gasteiger partial charge in [0.25, 0.3) is 5.56 Å². The summed E-state index contributed by atoms with van der Waals surface area (Å²) in [5.74, 6) is 0.418. The highest BCUT2D eigenvalue weighted by Crippen LogP contribution is 2.31. The lowest BCUT2D eigenvalue weighted by Crippen LogP contribution is -2.21. The summed E-state index contributed by atoms with van der Waals surface area (Å²) in [6.45, 7) is 8.94. The molecule has 0 saturated carbocycles. The third-order valence-electron chi connectivity index (χ3n) is 3.30. The topological polar surface area (TPSA) is 76.0 Å². The Labute approximate surface area is 117 Å². The number of nitrogens with zero attached hydrogens (tertiary/aromatic N) is 1. The van der Waals surface area contributed by atoms with E-state index in [-0.39, 0.29) is 22.8 Å². The van der Waals surface area contributed by atoms with Gasteiger partial charge in [-0.25, -0.2) is 0 Å². The molecular weight excluding hydrogens is 256 g/mol. The fourth-order valence-electron chi connectivity index (χ4n) is 2.40. The zero-order chi connectivity index (χ0) is 15.0. The fraction of sp³-hybridized carbons (Fsp3) is 0.400. The van der Waals surface area contributed by atoms with E-state index in [2.05, 4.69) is 10.1 Å². The second-order valence-electron chi connectivity index (χ2n) is 5.29. The minimum absolute atomic E-state index is 0.0998. The minimum atomic E-state index is -0.348. The van der Waals surface area contributed by atoms with Crippen LogP contribution in [0, 0.1) is 13.8 Å². The molecule has 0 spiro atoms. The number of Topliss-reactive ketones (excluding diaryl/α,β-unsaturated/α-hetero) is 1. The summed E-state index contributed by atoms with van der Waals surface area (Å²) < 4.78 is 5.31. The largest absolute Gasteiger partial charge is 0.356 e. The van der Waals surface area contributed by atoms with Gasteiger partial charge in [0, 0.05) is 17.3 Å². The third-order valence-corrected chi connectivity index (χ3v) is 3.30. The molecule has 2 aromatic rings. The van der Waals surface area contributed by atoms with E-state index in [0.29, 0.717) is 11.3 Å². The minimum Gasteiger partial charge on any atom is -0.356 e. The third kappa shape index (κ3) is 2.31. The van der Waals surface area contributed by atoms with Crippen LogP contribution in [0.4, 0.5) is 0 Å². The van der Waals surface area contributed by atoms with Gasteiger partial charge in [0.1, 0.15) is 0 Å². The average Bonchev–Trinajstić information content (AvgIpc) is 2.74. The molecule has 20 heavy (non-hydrogen) atoms. The molecule has 0 radical (unpaired) electrons. The Bertz CT molecular complexity index is 723. The smallest absolute Gasteiger partial charge is 0.259 e. The summed E-state index contributed by atoms with van der Waals surface area (Å²) in [7, 11) is 0. The summed E-state index contributed by atoms with van der Waals surface area (Å²) >= 11 is 0. The quantitative estimate of drug-likeness (QED) is 0.873. The monoisotopic (exact) mass is 274 g/mol. The maximum absolute atomic E-state index is 12.1. The predicted octanol–water partition coefficient (Wildman–Crippen LogP) is 2.97. The number of aromatic amines is 1. The molecule has 0 atom stereocenters. The summed E-state index contributed by atoms with van der Waals surface area (Å²) in [6.07, 6.45) is 0. The van der Waals surface area contributed by atoms with Gasteiger partial charge in [-0.1, -0.05) is 19.0 Å². The van der Waals surface area contributed by atoms with Crippen molar-refractivity contribution < 1.29 is 9.32 Å². The number of hydrogen-bond donors (Lipinski definition) is 1. The van der Waals surface area contributed by atoms with Crippen molar-refractivity contribution in [2.24, 2.45) is 0 Å². The van der Waals surface area contributed by atoms with Crippen LogP contribution in [0.15, 0.2) is 15.4 Å². The number of ketones is 1. The molecule has 0 saturated heterocycles. The van der Waals surface area contributed by atoms with Crippen LogP contribution in [0.3, 0.4) is 0 Å². The van der Waals surface area contributed by atoms with Gasteiger partial charge < -0.3 is 9.51 Å². The second-order valence-corrected chi connectivity index (χ2v) is 5.29. The number of rotatable bonds is 3. The molecule has 2 aromatic heterocycles. The number of hydrogen-bond acceptors (Lipinski definition) is 4. The molecule has 0 aliphatic heterocycles. The molecule has 0 bridgehead atoms. The van der Waals surface area contributed by atoms with Crippen molar-refractivity contribution in [2.75, 3.05) is 0 Å². The molecule has 2 heterocycles. The molecule has 2 rings (SSSR count). The number of aryl methyl sites for hydroxylation is 1. The van der Waals surface area contributed by atoms with Gasteiger partial charge in [-0.3, -0.25) is 9.59 Å². The van der Waals surface area contributed by atoms with E-state index in [0.717, 1.165) is 17.0 Å². The molecule has 0 unspecified atom stereocenters. The van der Waals surface area contributed by atoms with Gasteiger partial charge in [0.2, 0.25) is 0 Å². The Morgan fingerprint density at radius 2 is 2.00 bits per heavy atom. The summed E-state index contributed by atoms with van der Waals surface area (Å²) in [4.78, 5) is 26.6. The Morgan fingerprint density at radius 1 is 1.35 bits per heavy atom. The number of H-pyrrole nitrogens is 1. The number of carbonyl (C=O) groups excluding carboxylic acids is 1. The maximum Gasteiger partial charge on any atom is 0.259 e. The standard InChI is InChI=1S/C15H18N2O3/c1-7(2)14-13(11-6-8(3)17-20-11)9(4)12(10(5)18)15(19)16-14/h6-7H,1-5H3,(H,16,19). The van der Waals surface area contributed by atoms with Crippen molar-refractivity contribution in [3.63, 3.8) is 0 Å². The van der Waals surface area contributed by atoms with Gasteiger partial charge in [0.15, 0.2) is 11.5 Å². The van der Waals surface area contributed by atoms with Crippen LogP contribution >= 0.6 is 0 Å². The summed E-state index contributed by atoms with van der Waals surface area (Å²) in [6, 6.07) is 1.80. The van der Waals surface area contributed by atoms with E-state index in [1.807, 2.05) is 20.8 Å². The maximum atomic E-state index is 12.1. The molecule has 1 N–H and O–H groups in total. The number of nitrogens with one attached hydrogen (secondary N) is 1. The molecule has 0 aromatic carbocycles. The highest BCUT2D eigenvalue weighted by Gasteiger charge is 2.22. The molecule has 106 valence electrons. The lowest BCUT2D eigenvalue weighted by atomic mass is 9.93. The average molecular weight is 274 g/mol. The Kier molecular flexibility index (Phi) is 3.61. The van der Waals surface area contributed by atoms with E-state index in [4.69, 9.17) is 4.52 Å². The highest BCUT2D eigenvalue weighted by atomic mass is 16.5. The van der Waals surface area contributed by atoms with E-state index in [9.17, 15) is 9.59 Å². The lowest BCUT2D eigenvalue weighted by Gasteiger charge is -2.15. The van der Waals surface area contributed by atoms with Crippen LogP contribution in [-0.2, 0) is 0 Å². The van der Waals surface area contributed by atoms with Crippen LogP contribution in [-0.4, -0.2) is 15.9 Å². The van der Waals surface area contributed by atoms with Gasteiger partial charge in [-0.15, -0.1) is 0 Å². The normalized spacial score (nSPS) is 11.1. The van der Waals surface area contributed by atoms with E-state index in [1.54, 1.807) is 13.0 Å². The Hall–Kier alpha value is -2.17. The SMILES string of the molecule is CC(=O)c1c(C)c(-c2cc(C)no2)c(C(C)C)[nH]c1=O. The van der Waals surface area contributed by atoms with Gasteiger partial charge in [0.05, 0.1) is 11.3 Å². The molecular formula is C15H18N2O3. The van der Waals surface area contributed by atoms with Crippen LogP contribution < -0.4 is 5.56 Å². The van der Waals surface area contributed by atoms with Crippen molar-refractivity contribution in [1.82, 2.24) is 10.1 Å². The van der Waals surface area contributed by atoms with Crippen LogP contribution in [0.5, 0.6) is 0 Å². The van der Waals surface area contributed by atoms with Crippen LogP contribution in [0.1, 0.15) is 54.0 Å². The van der Waals surface area contributed by atoms with Crippen molar-refractivity contribution in [3.8, 4) is 11.3 Å². The molecule has 0 fully saturated rings. The summed E-state index contributed by atoms with van der Waals surface area (Å²) in [5.41, 5.74) is 2.74. The van der Waals surface area contributed by atoms with E-state index >= 15 is 0 Å². The first-order valence-corrected chi connectivity index (χ1v) is 6.54. The van der Waals surface area contributed by atoms with Gasteiger partial charge >= 0.3 is 0 Å². The first kappa shape index (κ1) is 14.2. The van der Waals surface area contributed by atoms with Crippen LogP contribution in [0.25, 0.3) is 11.3 Å². The molecule has 0 amide bonds. The van der Waals surface area contributed by atoms with Gasteiger partial charge in [-0.2, -0.15) is 0 Å². The molecule has 0 aliphatic rings. The molecule has 0 aliphatic carbocycles. The van der Waals surface area contributed by atoms with Gasteiger partial charge in [-0.05, 0) is 32.3 Å². The molecule has 5 nitrogen and oxygen atoms in total. The Morgan fingerprint density at radius 3 is 2.45 bits per heavy atom.